The van der Waals surface area contributed by atoms with Crippen LogP contribution in [0.4, 0.5) is 5.69 Å². The molecule has 0 aliphatic rings. The predicted molar refractivity (Wildman–Crippen MR) is 78.8 cm³/mol. The first-order valence-corrected chi connectivity index (χ1v) is 7.46. The molecule has 2 aromatic carbocycles. The summed E-state index contributed by atoms with van der Waals surface area (Å²) in [5.41, 5.74) is 5.90. The van der Waals surface area contributed by atoms with E-state index in [1.807, 2.05) is 0 Å². The SMILES string of the molecule is COc1cc(O)c(C(=O)c2ccc(N)cc2)cc1S(=O)(=O)O. The molecule has 0 radical (unpaired) electrons. The molecule has 8 heteroatoms. The topological polar surface area (TPSA) is 127 Å². The minimum Gasteiger partial charge on any atom is -0.507 e. The van der Waals surface area contributed by atoms with Crippen molar-refractivity contribution in [2.24, 2.45) is 0 Å². The number of phenolic OH excluding ortho intramolecular Hbond substituents is 1. The summed E-state index contributed by atoms with van der Waals surface area (Å²) in [6.07, 6.45) is 0. The van der Waals surface area contributed by atoms with E-state index in [4.69, 9.17) is 10.5 Å². The normalized spacial score (nSPS) is 11.2. The van der Waals surface area contributed by atoms with Crippen LogP contribution in [0, 0.1) is 0 Å². The van der Waals surface area contributed by atoms with Crippen molar-refractivity contribution in [3.05, 3.63) is 47.5 Å². The van der Waals surface area contributed by atoms with Crippen LogP contribution in [0.25, 0.3) is 0 Å². The van der Waals surface area contributed by atoms with Crippen molar-refractivity contribution in [3.63, 3.8) is 0 Å². The van der Waals surface area contributed by atoms with Gasteiger partial charge in [-0.3, -0.25) is 9.35 Å². The van der Waals surface area contributed by atoms with E-state index >= 15 is 0 Å². The van der Waals surface area contributed by atoms with Crippen LogP contribution in [0.2, 0.25) is 0 Å². The Hall–Kier alpha value is -2.58. The Bertz CT molecular complexity index is 827. The zero-order valence-electron chi connectivity index (χ0n) is 11.5. The number of rotatable bonds is 4. The molecule has 0 saturated carbocycles. The van der Waals surface area contributed by atoms with Gasteiger partial charge in [-0.2, -0.15) is 8.42 Å². The lowest BCUT2D eigenvalue weighted by molar-refractivity contribution is 0.103. The maximum atomic E-state index is 12.3. The average molecular weight is 323 g/mol. The standard InChI is InChI=1S/C14H13NO6S/c1-21-12-7-11(16)10(6-13(12)22(18,19)20)14(17)8-2-4-9(15)5-3-8/h2-7,16H,15H2,1H3,(H,18,19,20). The van der Waals surface area contributed by atoms with Gasteiger partial charge in [-0.15, -0.1) is 0 Å². The monoisotopic (exact) mass is 323 g/mol. The number of hydrogen-bond donors (Lipinski definition) is 3. The Morgan fingerprint density at radius 2 is 1.77 bits per heavy atom. The highest BCUT2D eigenvalue weighted by Crippen LogP contribution is 2.32. The van der Waals surface area contributed by atoms with E-state index in [2.05, 4.69) is 0 Å². The van der Waals surface area contributed by atoms with Gasteiger partial charge >= 0.3 is 0 Å². The van der Waals surface area contributed by atoms with Crippen LogP contribution in [0.5, 0.6) is 11.5 Å². The first kappa shape index (κ1) is 15.8. The van der Waals surface area contributed by atoms with Crippen LogP contribution in [-0.4, -0.2) is 31.0 Å². The molecular formula is C14H13NO6S. The molecule has 0 unspecified atom stereocenters. The lowest BCUT2D eigenvalue weighted by Crippen LogP contribution is -2.07. The van der Waals surface area contributed by atoms with Gasteiger partial charge in [0.25, 0.3) is 10.1 Å². The Morgan fingerprint density at radius 3 is 2.27 bits per heavy atom. The van der Waals surface area contributed by atoms with Crippen LogP contribution in [0.15, 0.2) is 41.3 Å². The summed E-state index contributed by atoms with van der Waals surface area (Å²) in [5, 5.41) is 9.90. The number of carbonyl (C=O) groups excluding carboxylic acids is 1. The molecule has 0 fully saturated rings. The highest BCUT2D eigenvalue weighted by atomic mass is 32.2. The van der Waals surface area contributed by atoms with Gasteiger partial charge in [-0.25, -0.2) is 0 Å². The number of carbonyl (C=O) groups is 1. The molecule has 0 atom stereocenters. The molecule has 0 aliphatic heterocycles. The van der Waals surface area contributed by atoms with Crippen molar-refractivity contribution in [2.75, 3.05) is 12.8 Å². The van der Waals surface area contributed by atoms with E-state index in [0.29, 0.717) is 5.69 Å². The summed E-state index contributed by atoms with van der Waals surface area (Å²) in [4.78, 5) is 11.7. The molecule has 0 heterocycles. The average Bonchev–Trinajstić information content (AvgIpc) is 2.45. The van der Waals surface area contributed by atoms with Crippen molar-refractivity contribution < 1.29 is 27.6 Å². The van der Waals surface area contributed by atoms with Crippen LogP contribution in [0.1, 0.15) is 15.9 Å². The maximum Gasteiger partial charge on any atom is 0.298 e. The number of hydrogen-bond acceptors (Lipinski definition) is 6. The number of ketones is 1. The zero-order valence-corrected chi connectivity index (χ0v) is 12.3. The Balaban J connectivity index is 2.60. The van der Waals surface area contributed by atoms with Gasteiger partial charge < -0.3 is 15.6 Å². The van der Waals surface area contributed by atoms with Gasteiger partial charge in [0.15, 0.2) is 5.78 Å². The summed E-state index contributed by atoms with van der Waals surface area (Å²) in [6, 6.07) is 7.69. The van der Waals surface area contributed by atoms with Gasteiger partial charge in [-0.1, -0.05) is 0 Å². The molecule has 2 rings (SSSR count). The molecule has 22 heavy (non-hydrogen) atoms. The third-order valence-electron chi connectivity index (χ3n) is 2.98. The van der Waals surface area contributed by atoms with Crippen molar-refractivity contribution >= 4 is 21.6 Å². The molecule has 4 N–H and O–H groups in total. The Kier molecular flexibility index (Phi) is 4.07. The maximum absolute atomic E-state index is 12.3. The highest BCUT2D eigenvalue weighted by molar-refractivity contribution is 7.86. The number of nitrogen functional groups attached to an aromatic ring is 1. The molecule has 116 valence electrons. The molecule has 7 nitrogen and oxygen atoms in total. The van der Waals surface area contributed by atoms with Crippen LogP contribution in [-0.2, 0) is 10.1 Å². The van der Waals surface area contributed by atoms with E-state index < -0.39 is 26.5 Å². The molecule has 0 aliphatic carbocycles. The third kappa shape index (κ3) is 3.02. The number of aromatic hydroxyl groups is 1. The number of benzene rings is 2. The summed E-state index contributed by atoms with van der Waals surface area (Å²) in [7, 11) is -3.44. The molecule has 0 aromatic heterocycles. The summed E-state index contributed by atoms with van der Waals surface area (Å²) >= 11 is 0. The smallest absolute Gasteiger partial charge is 0.298 e. The number of methoxy groups -OCH3 is 1. The first-order chi connectivity index (χ1) is 10.2. The molecular weight excluding hydrogens is 310 g/mol. The van der Waals surface area contributed by atoms with Crippen LogP contribution < -0.4 is 10.5 Å². The number of anilines is 1. The molecule has 0 amide bonds. The fourth-order valence-electron chi connectivity index (χ4n) is 1.88. The van der Waals surface area contributed by atoms with Crippen molar-refractivity contribution in [1.29, 1.82) is 0 Å². The summed E-state index contributed by atoms with van der Waals surface area (Å²) in [6.45, 7) is 0. The summed E-state index contributed by atoms with van der Waals surface area (Å²) in [5.74, 6) is -1.36. The quantitative estimate of drug-likeness (QED) is 0.441. The Labute approximate surface area is 126 Å². The predicted octanol–water partition coefficient (Wildman–Crippen LogP) is 1.46. The molecule has 2 aromatic rings. The van der Waals surface area contributed by atoms with Crippen LogP contribution >= 0.6 is 0 Å². The van der Waals surface area contributed by atoms with E-state index in [9.17, 15) is 22.9 Å². The second-order valence-corrected chi connectivity index (χ2v) is 5.84. The van der Waals surface area contributed by atoms with E-state index in [1.165, 1.54) is 31.4 Å². The third-order valence-corrected chi connectivity index (χ3v) is 3.85. The fourth-order valence-corrected chi connectivity index (χ4v) is 2.55. The van der Waals surface area contributed by atoms with Gasteiger partial charge in [0.05, 0.1) is 12.7 Å². The molecule has 0 saturated heterocycles. The number of phenols is 1. The molecule has 0 bridgehead atoms. The van der Waals surface area contributed by atoms with Gasteiger partial charge in [0.2, 0.25) is 0 Å². The van der Waals surface area contributed by atoms with E-state index in [0.717, 1.165) is 12.1 Å². The minimum atomic E-state index is -4.62. The number of ether oxygens (including phenoxy) is 1. The second kappa shape index (κ2) is 5.66. The van der Waals surface area contributed by atoms with E-state index in [-0.39, 0.29) is 16.9 Å². The van der Waals surface area contributed by atoms with Crippen molar-refractivity contribution in [1.82, 2.24) is 0 Å². The van der Waals surface area contributed by atoms with Gasteiger partial charge in [0.1, 0.15) is 16.4 Å². The molecule has 0 spiro atoms. The summed E-state index contributed by atoms with van der Waals surface area (Å²) < 4.78 is 36.7. The largest absolute Gasteiger partial charge is 0.507 e. The highest BCUT2D eigenvalue weighted by Gasteiger charge is 2.23. The van der Waals surface area contributed by atoms with Gasteiger partial charge in [0, 0.05) is 17.3 Å². The van der Waals surface area contributed by atoms with Crippen LogP contribution in [0.3, 0.4) is 0 Å². The van der Waals surface area contributed by atoms with Crippen molar-refractivity contribution in [2.45, 2.75) is 4.90 Å². The lowest BCUT2D eigenvalue weighted by Gasteiger charge is -2.10. The fraction of sp³-hybridized carbons (Fsp3) is 0.0714. The number of nitrogens with two attached hydrogens (primary N) is 1. The minimum absolute atomic E-state index is 0.205. The first-order valence-electron chi connectivity index (χ1n) is 6.02. The zero-order chi connectivity index (χ0) is 16.5. The second-order valence-electron chi connectivity index (χ2n) is 4.45. The van der Waals surface area contributed by atoms with Gasteiger partial charge in [-0.05, 0) is 30.3 Å². The van der Waals surface area contributed by atoms with Crippen molar-refractivity contribution in [3.8, 4) is 11.5 Å². The van der Waals surface area contributed by atoms with E-state index in [1.54, 1.807) is 0 Å². The Morgan fingerprint density at radius 1 is 1.18 bits per heavy atom. The lowest BCUT2D eigenvalue weighted by atomic mass is 10.0.